The number of carboxylic acids is 1. The van der Waals surface area contributed by atoms with Gasteiger partial charge < -0.3 is 14.6 Å². The SMILES string of the molecule is O=C(O)CCCCCCCCCCOC1CCCCO1. The molecule has 0 aromatic heterocycles. The van der Waals surface area contributed by atoms with E-state index < -0.39 is 5.97 Å². The number of carbonyl (C=O) groups is 1. The molecule has 0 bridgehead atoms. The van der Waals surface area contributed by atoms with Gasteiger partial charge in [0.2, 0.25) is 0 Å². The summed E-state index contributed by atoms with van der Waals surface area (Å²) in [5.74, 6) is -0.674. The van der Waals surface area contributed by atoms with Gasteiger partial charge in [0.1, 0.15) is 0 Å². The molecule has 0 spiro atoms. The van der Waals surface area contributed by atoms with Gasteiger partial charge in [0.05, 0.1) is 0 Å². The zero-order chi connectivity index (χ0) is 14.5. The molecule has 0 amide bonds. The number of carboxylic acid groups (broad SMARTS) is 1. The van der Waals surface area contributed by atoms with E-state index in [-0.39, 0.29) is 6.29 Å². The third kappa shape index (κ3) is 10.2. The Morgan fingerprint density at radius 2 is 1.65 bits per heavy atom. The van der Waals surface area contributed by atoms with Crippen molar-refractivity contribution in [1.29, 1.82) is 0 Å². The van der Waals surface area contributed by atoms with Crippen molar-refractivity contribution in [3.05, 3.63) is 0 Å². The van der Waals surface area contributed by atoms with Crippen molar-refractivity contribution in [2.45, 2.75) is 83.3 Å². The van der Waals surface area contributed by atoms with E-state index in [1.54, 1.807) is 0 Å². The van der Waals surface area contributed by atoms with Gasteiger partial charge in [-0.25, -0.2) is 0 Å². The highest BCUT2D eigenvalue weighted by molar-refractivity contribution is 5.66. The molecule has 1 atom stereocenters. The number of hydrogen-bond acceptors (Lipinski definition) is 3. The van der Waals surface area contributed by atoms with E-state index >= 15 is 0 Å². The quantitative estimate of drug-likeness (QED) is 0.548. The summed E-state index contributed by atoms with van der Waals surface area (Å²) in [6.45, 7) is 1.68. The predicted molar refractivity (Wildman–Crippen MR) is 78.7 cm³/mol. The smallest absolute Gasteiger partial charge is 0.303 e. The molecule has 1 N–H and O–H groups in total. The Labute approximate surface area is 122 Å². The molecule has 118 valence electrons. The second-order valence-corrected chi connectivity index (χ2v) is 5.64. The average Bonchev–Trinajstić information content (AvgIpc) is 2.45. The fourth-order valence-corrected chi connectivity index (χ4v) is 2.50. The maximum Gasteiger partial charge on any atom is 0.303 e. The van der Waals surface area contributed by atoms with Crippen molar-refractivity contribution in [3.8, 4) is 0 Å². The molecule has 1 unspecified atom stereocenters. The van der Waals surface area contributed by atoms with Crippen molar-refractivity contribution in [2.75, 3.05) is 13.2 Å². The van der Waals surface area contributed by atoms with E-state index in [9.17, 15) is 4.79 Å². The van der Waals surface area contributed by atoms with E-state index in [0.29, 0.717) is 6.42 Å². The first-order valence-electron chi connectivity index (χ1n) is 8.24. The third-order valence-corrected chi connectivity index (χ3v) is 3.73. The summed E-state index contributed by atoms with van der Waals surface area (Å²) in [6.07, 6.45) is 13.0. The number of ether oxygens (including phenoxy) is 2. The van der Waals surface area contributed by atoms with Crippen LogP contribution in [0.5, 0.6) is 0 Å². The van der Waals surface area contributed by atoms with Crippen LogP contribution in [0.4, 0.5) is 0 Å². The van der Waals surface area contributed by atoms with Gasteiger partial charge in [-0.05, 0) is 32.1 Å². The van der Waals surface area contributed by atoms with Gasteiger partial charge in [-0.3, -0.25) is 4.79 Å². The van der Waals surface area contributed by atoms with Crippen LogP contribution in [0.1, 0.15) is 77.0 Å². The number of aliphatic carboxylic acids is 1. The van der Waals surface area contributed by atoms with Crippen molar-refractivity contribution >= 4 is 5.97 Å². The van der Waals surface area contributed by atoms with Gasteiger partial charge in [0.15, 0.2) is 6.29 Å². The van der Waals surface area contributed by atoms with Crippen LogP contribution in [0.15, 0.2) is 0 Å². The van der Waals surface area contributed by atoms with Crippen molar-refractivity contribution in [1.82, 2.24) is 0 Å². The van der Waals surface area contributed by atoms with Crippen molar-refractivity contribution in [3.63, 3.8) is 0 Å². The molecule has 4 heteroatoms. The van der Waals surface area contributed by atoms with Gasteiger partial charge in [-0.1, -0.05) is 38.5 Å². The van der Waals surface area contributed by atoms with Gasteiger partial charge in [-0.15, -0.1) is 0 Å². The molecule has 20 heavy (non-hydrogen) atoms. The summed E-state index contributed by atoms with van der Waals surface area (Å²) in [6, 6.07) is 0. The van der Waals surface area contributed by atoms with Gasteiger partial charge in [0, 0.05) is 19.6 Å². The Kier molecular flexibility index (Phi) is 10.6. The highest BCUT2D eigenvalue weighted by Crippen LogP contribution is 2.15. The molecule has 1 rings (SSSR count). The summed E-state index contributed by atoms with van der Waals surface area (Å²) >= 11 is 0. The fourth-order valence-electron chi connectivity index (χ4n) is 2.50. The van der Waals surface area contributed by atoms with Gasteiger partial charge >= 0.3 is 5.97 Å². The van der Waals surface area contributed by atoms with Crippen molar-refractivity contribution < 1.29 is 19.4 Å². The molecule has 1 aliphatic rings. The Hall–Kier alpha value is -0.610. The van der Waals surface area contributed by atoms with E-state index in [1.807, 2.05) is 0 Å². The largest absolute Gasteiger partial charge is 0.481 e. The van der Waals surface area contributed by atoms with Crippen LogP contribution in [-0.2, 0) is 14.3 Å². The summed E-state index contributed by atoms with van der Waals surface area (Å²) in [4.78, 5) is 10.3. The molecule has 1 aliphatic heterocycles. The Bertz CT molecular complexity index is 237. The normalized spacial score (nSPS) is 19.1. The number of hydrogen-bond donors (Lipinski definition) is 1. The third-order valence-electron chi connectivity index (χ3n) is 3.73. The molecule has 0 saturated carbocycles. The molecule has 0 radical (unpaired) electrons. The lowest BCUT2D eigenvalue weighted by molar-refractivity contribution is -0.162. The Morgan fingerprint density at radius 3 is 2.25 bits per heavy atom. The minimum absolute atomic E-state index is 0.0537. The first kappa shape index (κ1) is 17.4. The van der Waals surface area contributed by atoms with Crippen LogP contribution in [0.3, 0.4) is 0 Å². The van der Waals surface area contributed by atoms with Crippen LogP contribution < -0.4 is 0 Å². The fraction of sp³-hybridized carbons (Fsp3) is 0.938. The number of unbranched alkanes of at least 4 members (excludes halogenated alkanes) is 7. The standard InChI is InChI=1S/C16H30O4/c17-15(18)11-7-5-3-1-2-4-6-9-13-19-16-12-8-10-14-20-16/h16H,1-14H2,(H,17,18). The van der Waals surface area contributed by atoms with E-state index in [4.69, 9.17) is 14.6 Å². The molecule has 1 fully saturated rings. The lowest BCUT2D eigenvalue weighted by Gasteiger charge is -2.22. The molecule has 1 heterocycles. The summed E-state index contributed by atoms with van der Waals surface area (Å²) in [5, 5.41) is 8.51. The maximum absolute atomic E-state index is 10.3. The minimum atomic E-state index is -0.674. The van der Waals surface area contributed by atoms with E-state index in [2.05, 4.69) is 0 Å². The molecule has 0 aromatic carbocycles. The zero-order valence-electron chi connectivity index (χ0n) is 12.6. The highest BCUT2D eigenvalue weighted by Gasteiger charge is 2.13. The van der Waals surface area contributed by atoms with E-state index in [1.165, 1.54) is 44.9 Å². The highest BCUT2D eigenvalue weighted by atomic mass is 16.7. The lowest BCUT2D eigenvalue weighted by atomic mass is 10.1. The van der Waals surface area contributed by atoms with Crippen molar-refractivity contribution in [2.24, 2.45) is 0 Å². The maximum atomic E-state index is 10.3. The first-order chi connectivity index (χ1) is 9.79. The van der Waals surface area contributed by atoms with E-state index in [0.717, 1.165) is 38.9 Å². The number of rotatable bonds is 12. The molecule has 1 saturated heterocycles. The lowest BCUT2D eigenvalue weighted by Crippen LogP contribution is -2.22. The molecular weight excluding hydrogens is 256 g/mol. The average molecular weight is 286 g/mol. The Morgan fingerprint density at radius 1 is 1.00 bits per heavy atom. The Balaban J connectivity index is 1.73. The van der Waals surface area contributed by atoms with Gasteiger partial charge in [-0.2, -0.15) is 0 Å². The van der Waals surface area contributed by atoms with Crippen LogP contribution in [0.2, 0.25) is 0 Å². The first-order valence-corrected chi connectivity index (χ1v) is 8.24. The van der Waals surface area contributed by atoms with Crippen LogP contribution in [-0.4, -0.2) is 30.6 Å². The zero-order valence-corrected chi connectivity index (χ0v) is 12.6. The molecule has 0 aliphatic carbocycles. The topological polar surface area (TPSA) is 55.8 Å². The van der Waals surface area contributed by atoms with Gasteiger partial charge in [0.25, 0.3) is 0 Å². The summed E-state index contributed by atoms with van der Waals surface area (Å²) in [7, 11) is 0. The predicted octanol–water partition coefficient (Wildman–Crippen LogP) is 4.13. The second-order valence-electron chi connectivity index (χ2n) is 5.64. The monoisotopic (exact) mass is 286 g/mol. The van der Waals surface area contributed by atoms with Crippen LogP contribution >= 0.6 is 0 Å². The summed E-state index contributed by atoms with van der Waals surface area (Å²) < 4.78 is 11.2. The molecule has 4 nitrogen and oxygen atoms in total. The molecule has 0 aromatic rings. The molecular formula is C16H30O4. The minimum Gasteiger partial charge on any atom is -0.481 e. The van der Waals surface area contributed by atoms with Crippen LogP contribution in [0, 0.1) is 0 Å². The second kappa shape index (κ2) is 12.2. The summed E-state index contributed by atoms with van der Waals surface area (Å²) in [5.41, 5.74) is 0. The van der Waals surface area contributed by atoms with Crippen LogP contribution in [0.25, 0.3) is 0 Å².